The van der Waals surface area contributed by atoms with Crippen LogP contribution in [-0.2, 0) is 4.74 Å². The SMILES string of the molecule is CCOC(=O)c1cc(NC(=O)c2cc(C)c(C)cc2C)ccc1Cl. The van der Waals surface area contributed by atoms with Crippen molar-refractivity contribution in [3.05, 3.63) is 63.2 Å². The van der Waals surface area contributed by atoms with Crippen LogP contribution in [0.3, 0.4) is 0 Å². The van der Waals surface area contributed by atoms with E-state index in [1.165, 1.54) is 6.07 Å². The van der Waals surface area contributed by atoms with Gasteiger partial charge in [-0.05, 0) is 68.7 Å². The third-order valence-electron chi connectivity index (χ3n) is 3.80. The molecule has 0 bridgehead atoms. The minimum atomic E-state index is -0.513. The van der Waals surface area contributed by atoms with E-state index in [0.717, 1.165) is 16.7 Å². The second-order valence-corrected chi connectivity index (χ2v) is 6.03. The van der Waals surface area contributed by atoms with Crippen molar-refractivity contribution in [1.29, 1.82) is 0 Å². The van der Waals surface area contributed by atoms with E-state index in [-0.39, 0.29) is 23.1 Å². The van der Waals surface area contributed by atoms with Crippen molar-refractivity contribution in [2.24, 2.45) is 0 Å². The highest BCUT2D eigenvalue weighted by atomic mass is 35.5. The first-order chi connectivity index (χ1) is 11.3. The van der Waals surface area contributed by atoms with E-state index >= 15 is 0 Å². The highest BCUT2D eigenvalue weighted by Crippen LogP contribution is 2.23. The maximum atomic E-state index is 12.5. The molecular formula is C19H20ClNO3. The highest BCUT2D eigenvalue weighted by Gasteiger charge is 2.15. The van der Waals surface area contributed by atoms with Gasteiger partial charge in [-0.15, -0.1) is 0 Å². The number of amides is 1. The molecule has 0 aliphatic heterocycles. The molecule has 4 nitrogen and oxygen atoms in total. The number of ether oxygens (including phenoxy) is 1. The molecule has 1 N–H and O–H groups in total. The summed E-state index contributed by atoms with van der Waals surface area (Å²) in [4.78, 5) is 24.4. The highest BCUT2D eigenvalue weighted by molar-refractivity contribution is 6.33. The smallest absolute Gasteiger partial charge is 0.339 e. The number of nitrogens with one attached hydrogen (secondary N) is 1. The predicted molar refractivity (Wildman–Crippen MR) is 96.0 cm³/mol. The lowest BCUT2D eigenvalue weighted by Gasteiger charge is -2.12. The van der Waals surface area contributed by atoms with Gasteiger partial charge in [-0.2, -0.15) is 0 Å². The van der Waals surface area contributed by atoms with Crippen LogP contribution in [-0.4, -0.2) is 18.5 Å². The number of carbonyl (C=O) groups excluding carboxylic acids is 2. The third kappa shape index (κ3) is 3.95. The predicted octanol–water partition coefficient (Wildman–Crippen LogP) is 4.69. The van der Waals surface area contributed by atoms with Gasteiger partial charge in [0.25, 0.3) is 5.91 Å². The van der Waals surface area contributed by atoms with Crippen LogP contribution in [0.25, 0.3) is 0 Å². The van der Waals surface area contributed by atoms with Gasteiger partial charge in [0.05, 0.1) is 17.2 Å². The first-order valence-corrected chi connectivity index (χ1v) is 8.07. The summed E-state index contributed by atoms with van der Waals surface area (Å²) in [5.74, 6) is -0.742. The number of esters is 1. The van der Waals surface area contributed by atoms with Gasteiger partial charge in [-0.25, -0.2) is 4.79 Å². The number of halogens is 1. The Hall–Kier alpha value is -2.33. The zero-order chi connectivity index (χ0) is 17.9. The molecule has 0 saturated heterocycles. The Labute approximate surface area is 146 Å². The molecule has 0 radical (unpaired) electrons. The molecule has 24 heavy (non-hydrogen) atoms. The zero-order valence-corrected chi connectivity index (χ0v) is 15.0. The van der Waals surface area contributed by atoms with Crippen LogP contribution >= 0.6 is 11.6 Å². The number of rotatable bonds is 4. The molecule has 0 aliphatic carbocycles. The largest absolute Gasteiger partial charge is 0.462 e. The Kier molecular flexibility index (Phi) is 5.62. The molecule has 0 saturated carbocycles. The Bertz CT molecular complexity index is 799. The molecule has 5 heteroatoms. The molecule has 0 spiro atoms. The molecule has 0 heterocycles. The van der Waals surface area contributed by atoms with Gasteiger partial charge in [0.1, 0.15) is 0 Å². The van der Waals surface area contributed by atoms with E-state index in [1.807, 2.05) is 32.9 Å². The first-order valence-electron chi connectivity index (χ1n) is 7.69. The fraction of sp³-hybridized carbons (Fsp3) is 0.263. The Balaban J connectivity index is 2.28. The van der Waals surface area contributed by atoms with Crippen LogP contribution in [0.15, 0.2) is 30.3 Å². The maximum absolute atomic E-state index is 12.5. The Morgan fingerprint density at radius 3 is 2.33 bits per heavy atom. The van der Waals surface area contributed by atoms with Crippen molar-refractivity contribution in [3.8, 4) is 0 Å². The van der Waals surface area contributed by atoms with Crippen molar-refractivity contribution in [2.75, 3.05) is 11.9 Å². The molecule has 0 unspecified atom stereocenters. The topological polar surface area (TPSA) is 55.4 Å². The number of carbonyl (C=O) groups is 2. The Morgan fingerprint density at radius 1 is 1.00 bits per heavy atom. The van der Waals surface area contributed by atoms with Crippen LogP contribution in [0.5, 0.6) is 0 Å². The molecule has 1 amide bonds. The van der Waals surface area contributed by atoms with Gasteiger partial charge in [0.2, 0.25) is 0 Å². The second-order valence-electron chi connectivity index (χ2n) is 5.62. The second kappa shape index (κ2) is 7.49. The van der Waals surface area contributed by atoms with Gasteiger partial charge in [-0.1, -0.05) is 17.7 Å². The fourth-order valence-corrected chi connectivity index (χ4v) is 2.57. The summed E-state index contributed by atoms with van der Waals surface area (Å²) in [7, 11) is 0. The summed E-state index contributed by atoms with van der Waals surface area (Å²) in [6.07, 6.45) is 0. The molecule has 126 valence electrons. The van der Waals surface area contributed by atoms with Gasteiger partial charge in [0.15, 0.2) is 0 Å². The molecule has 0 aromatic heterocycles. The third-order valence-corrected chi connectivity index (χ3v) is 4.13. The van der Waals surface area contributed by atoms with Gasteiger partial charge in [0, 0.05) is 11.3 Å². The average molecular weight is 346 g/mol. The summed E-state index contributed by atoms with van der Waals surface area (Å²) >= 11 is 6.03. The van der Waals surface area contributed by atoms with E-state index in [9.17, 15) is 9.59 Å². The summed E-state index contributed by atoms with van der Waals surface area (Å²) in [6, 6.07) is 8.59. The van der Waals surface area contributed by atoms with E-state index < -0.39 is 5.97 Å². The average Bonchev–Trinajstić information content (AvgIpc) is 2.52. The van der Waals surface area contributed by atoms with Crippen LogP contribution in [0.2, 0.25) is 5.02 Å². The van der Waals surface area contributed by atoms with Gasteiger partial charge >= 0.3 is 5.97 Å². The maximum Gasteiger partial charge on any atom is 0.339 e. The molecule has 2 rings (SSSR count). The molecule has 0 fully saturated rings. The van der Waals surface area contributed by atoms with Crippen molar-refractivity contribution in [3.63, 3.8) is 0 Å². The monoisotopic (exact) mass is 345 g/mol. The zero-order valence-electron chi connectivity index (χ0n) is 14.2. The lowest BCUT2D eigenvalue weighted by Crippen LogP contribution is -2.15. The molecule has 2 aromatic rings. The standard InChI is InChI=1S/C19H20ClNO3/c1-5-24-19(23)16-10-14(6-7-17(16)20)21-18(22)15-9-12(3)11(2)8-13(15)4/h6-10H,5H2,1-4H3,(H,21,22). The minimum Gasteiger partial charge on any atom is -0.462 e. The van der Waals surface area contributed by atoms with E-state index in [0.29, 0.717) is 11.3 Å². The van der Waals surface area contributed by atoms with Crippen LogP contribution < -0.4 is 5.32 Å². The van der Waals surface area contributed by atoms with Gasteiger partial charge in [-0.3, -0.25) is 4.79 Å². The van der Waals surface area contributed by atoms with Crippen molar-refractivity contribution in [1.82, 2.24) is 0 Å². The van der Waals surface area contributed by atoms with E-state index in [2.05, 4.69) is 5.32 Å². The van der Waals surface area contributed by atoms with Crippen LogP contribution in [0, 0.1) is 20.8 Å². The quantitative estimate of drug-likeness (QED) is 0.817. The normalized spacial score (nSPS) is 10.4. The minimum absolute atomic E-state index is 0.229. The number of hydrogen-bond acceptors (Lipinski definition) is 3. The van der Waals surface area contributed by atoms with Crippen molar-refractivity contribution < 1.29 is 14.3 Å². The number of anilines is 1. The molecule has 0 atom stereocenters. The lowest BCUT2D eigenvalue weighted by atomic mass is 10.0. The van der Waals surface area contributed by atoms with Crippen molar-refractivity contribution >= 4 is 29.2 Å². The first kappa shape index (κ1) is 18.0. The number of hydrogen-bond donors (Lipinski definition) is 1. The summed E-state index contributed by atoms with van der Waals surface area (Å²) in [5.41, 5.74) is 4.41. The number of benzene rings is 2. The van der Waals surface area contributed by atoms with E-state index in [4.69, 9.17) is 16.3 Å². The molecular weight excluding hydrogens is 326 g/mol. The van der Waals surface area contributed by atoms with E-state index in [1.54, 1.807) is 19.1 Å². The summed E-state index contributed by atoms with van der Waals surface area (Å²) < 4.78 is 4.97. The van der Waals surface area contributed by atoms with Crippen LogP contribution in [0.1, 0.15) is 44.3 Å². The van der Waals surface area contributed by atoms with Crippen molar-refractivity contribution in [2.45, 2.75) is 27.7 Å². The lowest BCUT2D eigenvalue weighted by molar-refractivity contribution is 0.0526. The molecule has 2 aromatic carbocycles. The van der Waals surface area contributed by atoms with Gasteiger partial charge < -0.3 is 10.1 Å². The Morgan fingerprint density at radius 2 is 1.67 bits per heavy atom. The fourth-order valence-electron chi connectivity index (χ4n) is 2.37. The number of aryl methyl sites for hydroxylation is 3. The summed E-state index contributed by atoms with van der Waals surface area (Å²) in [5, 5.41) is 3.09. The molecule has 0 aliphatic rings. The summed E-state index contributed by atoms with van der Waals surface area (Å²) in [6.45, 7) is 7.85. The van der Waals surface area contributed by atoms with Crippen LogP contribution in [0.4, 0.5) is 5.69 Å².